The molecule has 0 saturated carbocycles. The Balaban J connectivity index is -0.000000143. The summed E-state index contributed by atoms with van der Waals surface area (Å²) in [5, 5.41) is 9.59. The molecule has 5 heteroatoms. The van der Waals surface area contributed by atoms with Crippen LogP contribution in [0.5, 0.6) is 0 Å². The van der Waals surface area contributed by atoms with Crippen molar-refractivity contribution in [3.63, 3.8) is 0 Å². The van der Waals surface area contributed by atoms with Crippen molar-refractivity contribution in [3.05, 3.63) is 0 Å². The van der Waals surface area contributed by atoms with Crippen molar-refractivity contribution in [1.82, 2.24) is 0 Å². The molecule has 0 heterocycles. The molecule has 0 atom stereocenters. The maximum atomic E-state index is 9.92. The number of rotatable bonds is 2. The maximum Gasteiger partial charge on any atom is 1.00 e. The van der Waals surface area contributed by atoms with E-state index in [0.717, 1.165) is 0 Å². The van der Waals surface area contributed by atoms with E-state index in [2.05, 4.69) is 0 Å². The molecule has 0 radical (unpaired) electrons. The van der Waals surface area contributed by atoms with Gasteiger partial charge in [0.15, 0.2) is 0 Å². The Morgan fingerprint density at radius 1 is 1.08 bits per heavy atom. The molecule has 0 aliphatic carbocycles. The van der Waals surface area contributed by atoms with Crippen molar-refractivity contribution in [1.29, 1.82) is 0 Å². The van der Waals surface area contributed by atoms with Crippen molar-refractivity contribution in [2.75, 3.05) is 0 Å². The minimum atomic E-state index is -0.991. The van der Waals surface area contributed by atoms with E-state index in [1.807, 2.05) is 0 Å². The van der Waals surface area contributed by atoms with Crippen LogP contribution in [0, 0.1) is 11.8 Å². The van der Waals surface area contributed by atoms with Gasteiger partial charge in [0, 0.05) is 11.9 Å². The van der Waals surface area contributed by atoms with E-state index in [0.29, 0.717) is 0 Å². The molecular formula is C8H16NNaO3. The molecule has 0 saturated heterocycles. The van der Waals surface area contributed by atoms with E-state index in [9.17, 15) is 14.7 Å². The van der Waals surface area contributed by atoms with Crippen LogP contribution in [0.1, 0.15) is 27.7 Å². The maximum absolute atomic E-state index is 9.92. The van der Waals surface area contributed by atoms with Crippen molar-refractivity contribution in [3.8, 4) is 0 Å². The molecule has 0 aliphatic heterocycles. The molecule has 2 N–H and O–H groups in total. The van der Waals surface area contributed by atoms with Crippen LogP contribution < -0.4 is 40.4 Å². The number of hydrogen-bond donors (Lipinski definition) is 1. The average Bonchev–Trinajstić information content (AvgIpc) is 1.88. The summed E-state index contributed by atoms with van der Waals surface area (Å²) in [5.41, 5.74) is 4.80. The second kappa shape index (κ2) is 10.0. The molecule has 13 heavy (non-hydrogen) atoms. The molecule has 0 aromatic rings. The van der Waals surface area contributed by atoms with Crippen molar-refractivity contribution < 1.29 is 44.3 Å². The summed E-state index contributed by atoms with van der Waals surface area (Å²) in [5.74, 6) is -1.58. The second-order valence-corrected chi connectivity index (χ2v) is 3.03. The Labute approximate surface area is 101 Å². The zero-order valence-electron chi connectivity index (χ0n) is 8.96. The van der Waals surface area contributed by atoms with Crippen LogP contribution in [-0.4, -0.2) is 11.9 Å². The topological polar surface area (TPSA) is 83.2 Å². The van der Waals surface area contributed by atoms with Crippen LogP contribution in [0.4, 0.5) is 0 Å². The number of hydrogen-bond acceptors (Lipinski definition) is 3. The first kappa shape index (κ1) is 18.7. The second-order valence-electron chi connectivity index (χ2n) is 3.03. The number of carbonyl (C=O) groups is 2. The third-order valence-corrected chi connectivity index (χ3v) is 1.04. The number of aliphatic carboxylic acids is 1. The summed E-state index contributed by atoms with van der Waals surface area (Å²) >= 11 is 0. The van der Waals surface area contributed by atoms with Gasteiger partial charge in [0.1, 0.15) is 0 Å². The number of carbonyl (C=O) groups excluding carboxylic acids is 2. The van der Waals surface area contributed by atoms with Crippen LogP contribution in [0.15, 0.2) is 0 Å². The normalized spacial score (nSPS) is 8.46. The fraction of sp³-hybridized carbons (Fsp3) is 0.750. The Hall–Kier alpha value is -0.0600. The van der Waals surface area contributed by atoms with E-state index in [1.165, 1.54) is 0 Å². The monoisotopic (exact) mass is 197 g/mol. The molecule has 0 aromatic heterocycles. The van der Waals surface area contributed by atoms with Gasteiger partial charge in [0.25, 0.3) is 0 Å². The molecule has 0 bridgehead atoms. The number of carboxylic acids is 1. The van der Waals surface area contributed by atoms with Crippen LogP contribution in [0.3, 0.4) is 0 Å². The minimum absolute atomic E-state index is 0. The van der Waals surface area contributed by atoms with Gasteiger partial charge in [-0.3, -0.25) is 4.79 Å². The van der Waals surface area contributed by atoms with E-state index >= 15 is 0 Å². The van der Waals surface area contributed by atoms with Gasteiger partial charge in [-0.15, -0.1) is 0 Å². The summed E-state index contributed by atoms with van der Waals surface area (Å²) in [7, 11) is 0. The summed E-state index contributed by atoms with van der Waals surface area (Å²) in [4.78, 5) is 19.5. The van der Waals surface area contributed by atoms with Crippen LogP contribution in [-0.2, 0) is 9.59 Å². The zero-order valence-corrected chi connectivity index (χ0v) is 11.0. The summed E-state index contributed by atoms with van der Waals surface area (Å²) in [6.07, 6.45) is 0. The molecule has 4 nitrogen and oxygen atoms in total. The van der Waals surface area contributed by atoms with Gasteiger partial charge < -0.3 is 15.6 Å². The van der Waals surface area contributed by atoms with E-state index in [1.54, 1.807) is 27.7 Å². The first-order valence-corrected chi connectivity index (χ1v) is 3.79. The van der Waals surface area contributed by atoms with Crippen LogP contribution >= 0.6 is 0 Å². The predicted molar refractivity (Wildman–Crippen MR) is 43.9 cm³/mol. The van der Waals surface area contributed by atoms with Gasteiger partial charge in [0.05, 0.1) is 0 Å². The molecule has 0 fully saturated rings. The molecule has 0 aromatic carbocycles. The molecule has 72 valence electrons. The third kappa shape index (κ3) is 18.7. The molecule has 0 unspecified atom stereocenters. The van der Waals surface area contributed by atoms with Crippen molar-refractivity contribution in [2.24, 2.45) is 17.6 Å². The average molecular weight is 197 g/mol. The fourth-order valence-electron chi connectivity index (χ4n) is 0. The number of carboxylic acid groups (broad SMARTS) is 1. The predicted octanol–water partition coefficient (Wildman–Crippen LogP) is -3.48. The molecular weight excluding hydrogens is 181 g/mol. The minimum Gasteiger partial charge on any atom is -0.550 e. The summed E-state index contributed by atoms with van der Waals surface area (Å²) in [6.45, 7) is 6.69. The standard InChI is InChI=1S/C4H9NO.C4H8O2.Na/c2*1-3(2)4(5)6;/h3H,1-2H3,(H2,5,6);3H,1-2H3,(H,5,6);/q;;+1/p-1. The number of amides is 1. The van der Waals surface area contributed by atoms with Gasteiger partial charge >= 0.3 is 29.6 Å². The van der Waals surface area contributed by atoms with Gasteiger partial charge in [-0.25, -0.2) is 0 Å². The van der Waals surface area contributed by atoms with Gasteiger partial charge in [-0.1, -0.05) is 27.7 Å². The van der Waals surface area contributed by atoms with Gasteiger partial charge in [-0.05, 0) is 5.92 Å². The summed E-state index contributed by atoms with van der Waals surface area (Å²) < 4.78 is 0. The SMILES string of the molecule is CC(C)C(=O)[O-].CC(C)C(N)=O.[Na+]. The third-order valence-electron chi connectivity index (χ3n) is 1.04. The van der Waals surface area contributed by atoms with Crippen molar-refractivity contribution in [2.45, 2.75) is 27.7 Å². The smallest absolute Gasteiger partial charge is 0.550 e. The molecule has 0 aliphatic rings. The zero-order chi connectivity index (χ0) is 10.3. The Morgan fingerprint density at radius 2 is 1.23 bits per heavy atom. The Bertz CT molecular complexity index is 139. The van der Waals surface area contributed by atoms with E-state index in [-0.39, 0.29) is 47.3 Å². The van der Waals surface area contributed by atoms with Crippen LogP contribution in [0.25, 0.3) is 0 Å². The van der Waals surface area contributed by atoms with Crippen LogP contribution in [0.2, 0.25) is 0 Å². The van der Waals surface area contributed by atoms with Crippen molar-refractivity contribution >= 4 is 11.9 Å². The molecule has 0 rings (SSSR count). The van der Waals surface area contributed by atoms with E-state index in [4.69, 9.17) is 5.73 Å². The molecule has 1 amide bonds. The van der Waals surface area contributed by atoms with E-state index < -0.39 is 5.97 Å². The number of primary amides is 1. The van der Waals surface area contributed by atoms with Gasteiger partial charge in [0.2, 0.25) is 5.91 Å². The number of nitrogens with two attached hydrogens (primary N) is 1. The largest absolute Gasteiger partial charge is 1.00 e. The Morgan fingerprint density at radius 3 is 1.23 bits per heavy atom. The quantitative estimate of drug-likeness (QED) is 0.467. The first-order valence-electron chi connectivity index (χ1n) is 3.79. The Kier molecular flexibility index (Phi) is 14.4. The first-order chi connectivity index (χ1) is 5.29. The van der Waals surface area contributed by atoms with Gasteiger partial charge in [-0.2, -0.15) is 0 Å². The summed E-state index contributed by atoms with van der Waals surface area (Å²) in [6, 6.07) is 0. The molecule has 0 spiro atoms. The fourth-order valence-corrected chi connectivity index (χ4v) is 0.